The van der Waals surface area contributed by atoms with E-state index in [2.05, 4.69) is 4.98 Å². The number of aromatic amines is 1. The summed E-state index contributed by atoms with van der Waals surface area (Å²) in [6.45, 7) is 1.14. The van der Waals surface area contributed by atoms with Gasteiger partial charge in [0.2, 0.25) is 9.03 Å². The van der Waals surface area contributed by atoms with Crippen LogP contribution in [0, 0.1) is 0 Å². The minimum atomic E-state index is -1.13. The average Bonchev–Trinajstić information content (AvgIpc) is 2.63. The third-order valence-electron chi connectivity index (χ3n) is 3.33. The molecule has 0 bridgehead atoms. The van der Waals surface area contributed by atoms with Gasteiger partial charge in [0.1, 0.15) is 12.4 Å². The maximum Gasteiger partial charge on any atom is 0.330 e. The zero-order valence-corrected chi connectivity index (χ0v) is 14.7. The van der Waals surface area contributed by atoms with Crippen LogP contribution in [-0.2, 0) is 9.26 Å². The summed E-state index contributed by atoms with van der Waals surface area (Å²) in [5, 5.41) is 0. The molecular weight excluding hydrogens is 350 g/mol. The molecule has 1 heterocycles. The van der Waals surface area contributed by atoms with Gasteiger partial charge in [-0.05, 0) is 18.6 Å². The van der Waals surface area contributed by atoms with Crippen molar-refractivity contribution in [2.24, 2.45) is 0 Å². The lowest BCUT2D eigenvalue weighted by atomic mass is 10.3. The summed E-state index contributed by atoms with van der Waals surface area (Å²) < 4.78 is 30.8. The Bertz CT molecular complexity index is 752. The molecule has 0 fully saturated rings. The van der Waals surface area contributed by atoms with Crippen molar-refractivity contribution in [1.29, 1.82) is 0 Å². The van der Waals surface area contributed by atoms with Crippen LogP contribution in [0.2, 0.25) is 0 Å². The van der Waals surface area contributed by atoms with E-state index < -0.39 is 30.3 Å². The first-order chi connectivity index (χ1) is 12.1. The van der Waals surface area contributed by atoms with Crippen LogP contribution in [0.4, 0.5) is 4.39 Å². The molecule has 0 amide bonds. The van der Waals surface area contributed by atoms with Gasteiger partial charge in [-0.2, -0.15) is 0 Å². The molecule has 1 unspecified atom stereocenters. The Kier molecular flexibility index (Phi) is 7.78. The topological polar surface area (TPSA) is 82.6 Å². The van der Waals surface area contributed by atoms with Crippen molar-refractivity contribution in [3.8, 4) is 5.75 Å². The number of nitrogens with zero attached hydrogens (tertiary/aromatic N) is 1. The van der Waals surface area contributed by atoms with E-state index >= 15 is 0 Å². The van der Waals surface area contributed by atoms with E-state index in [1.165, 1.54) is 6.20 Å². The molecule has 0 aliphatic heterocycles. The highest BCUT2D eigenvalue weighted by Crippen LogP contribution is 2.22. The standard InChI is InChI=1S/C16H20FN2O5P/c1-2-12(11-22-25-24-13-6-4-3-5-7-13)23-15(10-17)19-9-8-14(20)18-16(19)21/h3-9,12,15,25H,2,10-11H2,1H3,(H,18,20,21)/t12-,15+/m0/s1. The molecule has 0 aliphatic carbocycles. The van der Waals surface area contributed by atoms with Gasteiger partial charge >= 0.3 is 5.69 Å². The molecule has 2 rings (SSSR count). The molecular formula is C16H20FN2O5P. The highest BCUT2D eigenvalue weighted by Gasteiger charge is 2.18. The van der Waals surface area contributed by atoms with E-state index in [9.17, 15) is 14.0 Å². The maximum atomic E-state index is 13.3. The smallest absolute Gasteiger partial charge is 0.330 e. The van der Waals surface area contributed by atoms with Gasteiger partial charge in [0.15, 0.2) is 6.23 Å². The van der Waals surface area contributed by atoms with E-state index in [-0.39, 0.29) is 15.6 Å². The van der Waals surface area contributed by atoms with Crippen LogP contribution in [0.5, 0.6) is 5.75 Å². The van der Waals surface area contributed by atoms with Gasteiger partial charge in [0.25, 0.3) is 5.56 Å². The summed E-state index contributed by atoms with van der Waals surface area (Å²) in [5.74, 6) is 0.691. The van der Waals surface area contributed by atoms with Crippen molar-refractivity contribution in [1.82, 2.24) is 9.55 Å². The Labute approximate surface area is 145 Å². The molecule has 0 spiro atoms. The Morgan fingerprint density at radius 1 is 1.24 bits per heavy atom. The van der Waals surface area contributed by atoms with Gasteiger partial charge in [-0.25, -0.2) is 9.18 Å². The number of hydrogen-bond acceptors (Lipinski definition) is 5. The predicted octanol–water partition coefficient (Wildman–Crippen LogP) is 2.40. The SMILES string of the molecule is CC[C@@H](COPOc1ccccc1)O[C@H](CF)n1ccc(=O)[nH]c1=O. The number of aromatic nitrogens is 2. The van der Waals surface area contributed by atoms with Gasteiger partial charge in [0.05, 0.1) is 12.7 Å². The number of rotatable bonds is 10. The van der Waals surface area contributed by atoms with Gasteiger partial charge in [-0.15, -0.1) is 0 Å². The molecule has 7 nitrogen and oxygen atoms in total. The fraction of sp³-hybridized carbons (Fsp3) is 0.375. The number of H-pyrrole nitrogens is 1. The third kappa shape index (κ3) is 6.08. The van der Waals surface area contributed by atoms with Crippen molar-refractivity contribution in [2.45, 2.75) is 25.7 Å². The van der Waals surface area contributed by atoms with Crippen molar-refractivity contribution < 1.29 is 18.2 Å². The lowest BCUT2D eigenvalue weighted by Gasteiger charge is -2.23. The summed E-state index contributed by atoms with van der Waals surface area (Å²) in [6.07, 6.45) is 0.215. The van der Waals surface area contributed by atoms with Crippen molar-refractivity contribution in [3.63, 3.8) is 0 Å². The van der Waals surface area contributed by atoms with Gasteiger partial charge in [-0.1, -0.05) is 25.1 Å². The van der Waals surface area contributed by atoms with Crippen LogP contribution in [0.15, 0.2) is 52.2 Å². The molecule has 1 aromatic heterocycles. The van der Waals surface area contributed by atoms with Crippen molar-refractivity contribution in [2.75, 3.05) is 13.3 Å². The molecule has 0 radical (unpaired) electrons. The van der Waals surface area contributed by atoms with Crippen molar-refractivity contribution >= 4 is 9.03 Å². The van der Waals surface area contributed by atoms with Gasteiger partial charge < -0.3 is 13.8 Å². The van der Waals surface area contributed by atoms with Crippen molar-refractivity contribution in [3.05, 3.63) is 63.4 Å². The average molecular weight is 370 g/mol. The summed E-state index contributed by atoms with van der Waals surface area (Å²) >= 11 is 0. The van der Waals surface area contributed by atoms with Crippen LogP contribution in [0.25, 0.3) is 0 Å². The van der Waals surface area contributed by atoms with E-state index in [0.29, 0.717) is 12.2 Å². The van der Waals surface area contributed by atoms with Crippen LogP contribution >= 0.6 is 9.03 Å². The van der Waals surface area contributed by atoms with Crippen LogP contribution < -0.4 is 15.8 Å². The monoisotopic (exact) mass is 370 g/mol. The van der Waals surface area contributed by atoms with E-state index in [1.54, 1.807) is 0 Å². The molecule has 9 heteroatoms. The molecule has 1 N–H and O–H groups in total. The zero-order valence-electron chi connectivity index (χ0n) is 13.7. The quantitative estimate of drug-likeness (QED) is 0.513. The number of alkyl halides is 1. The predicted molar refractivity (Wildman–Crippen MR) is 92.8 cm³/mol. The highest BCUT2D eigenvalue weighted by molar-refractivity contribution is 7.26. The largest absolute Gasteiger partial charge is 0.450 e. The van der Waals surface area contributed by atoms with E-state index in [1.807, 2.05) is 37.3 Å². The second kappa shape index (κ2) is 10.1. The minimum absolute atomic E-state index is 0.191. The number of benzene rings is 1. The highest BCUT2D eigenvalue weighted by atomic mass is 31.1. The van der Waals surface area contributed by atoms with E-state index in [4.69, 9.17) is 13.8 Å². The Morgan fingerprint density at radius 2 is 2.00 bits per heavy atom. The fourth-order valence-electron chi connectivity index (χ4n) is 2.00. The third-order valence-corrected chi connectivity index (χ3v) is 3.93. The molecule has 0 saturated carbocycles. The van der Waals surface area contributed by atoms with Gasteiger partial charge in [0, 0.05) is 12.3 Å². The lowest BCUT2D eigenvalue weighted by Crippen LogP contribution is -2.35. The zero-order chi connectivity index (χ0) is 18.1. The second-order valence-electron chi connectivity index (χ2n) is 5.10. The van der Waals surface area contributed by atoms with Gasteiger partial charge in [-0.3, -0.25) is 14.3 Å². The molecule has 136 valence electrons. The first-order valence-corrected chi connectivity index (χ1v) is 8.57. The molecule has 1 aromatic carbocycles. The van der Waals surface area contributed by atoms with Crippen LogP contribution in [0.3, 0.4) is 0 Å². The number of halogens is 1. The number of para-hydroxylation sites is 1. The second-order valence-corrected chi connectivity index (χ2v) is 5.76. The molecule has 3 atom stereocenters. The van der Waals surface area contributed by atoms with E-state index in [0.717, 1.165) is 10.6 Å². The summed E-state index contributed by atoms with van der Waals surface area (Å²) in [7, 11) is -0.225. The minimum Gasteiger partial charge on any atom is -0.450 e. The number of ether oxygens (including phenoxy) is 1. The maximum absolute atomic E-state index is 13.3. The lowest BCUT2D eigenvalue weighted by molar-refractivity contribution is -0.0825. The molecule has 0 saturated heterocycles. The fourth-order valence-corrected chi connectivity index (χ4v) is 2.54. The van der Waals surface area contributed by atoms with Crippen LogP contribution in [0.1, 0.15) is 19.6 Å². The molecule has 2 aromatic rings. The molecule has 25 heavy (non-hydrogen) atoms. The number of hydrogen-bond donors (Lipinski definition) is 1. The summed E-state index contributed by atoms with van der Waals surface area (Å²) in [5.41, 5.74) is -1.27. The summed E-state index contributed by atoms with van der Waals surface area (Å²) in [6, 6.07) is 10.3. The molecule has 0 aliphatic rings. The normalized spacial score (nSPS) is 13.8. The number of nitrogens with one attached hydrogen (secondary N) is 1. The first-order valence-electron chi connectivity index (χ1n) is 7.75. The first kappa shape index (κ1) is 19.3. The van der Waals surface area contributed by atoms with Crippen LogP contribution in [-0.4, -0.2) is 28.9 Å². The Hall–Kier alpha value is -2.02. The Morgan fingerprint density at radius 3 is 2.64 bits per heavy atom. The summed E-state index contributed by atoms with van der Waals surface area (Å²) in [4.78, 5) is 24.9. The Balaban J connectivity index is 1.86.